The lowest BCUT2D eigenvalue weighted by molar-refractivity contribution is 0.362. The quantitative estimate of drug-likeness (QED) is 0.366. The van der Waals surface area contributed by atoms with Crippen LogP contribution in [-0.4, -0.2) is 17.9 Å². The molecule has 23 heavy (non-hydrogen) atoms. The fourth-order valence-electron chi connectivity index (χ4n) is 1.91. The van der Waals surface area contributed by atoms with E-state index < -0.39 is 0 Å². The summed E-state index contributed by atoms with van der Waals surface area (Å²) >= 11 is 5.22. The molecule has 0 saturated carbocycles. The summed E-state index contributed by atoms with van der Waals surface area (Å²) in [4.78, 5) is 0. The van der Waals surface area contributed by atoms with Gasteiger partial charge in [-0.3, -0.25) is 5.43 Å². The van der Waals surface area contributed by atoms with Gasteiger partial charge in [0.2, 0.25) is 0 Å². The Morgan fingerprint density at radius 1 is 1.26 bits per heavy atom. The van der Waals surface area contributed by atoms with Crippen LogP contribution in [-0.2, 0) is 0 Å². The minimum atomic E-state index is 0.427. The molecule has 0 spiro atoms. The number of hydrogen-bond acceptors (Lipinski definition) is 3. The molecular weight excluding hydrogens is 306 g/mol. The Hall–Kier alpha value is -2.66. The monoisotopic (exact) mass is 325 g/mol. The summed E-state index contributed by atoms with van der Waals surface area (Å²) < 4.78 is 5.57. The third-order valence-electron chi connectivity index (χ3n) is 2.92. The largest absolute Gasteiger partial charge is 0.489 e. The lowest BCUT2D eigenvalue weighted by Crippen LogP contribution is -2.23. The average Bonchev–Trinajstić information content (AvgIpc) is 2.54. The van der Waals surface area contributed by atoms with Gasteiger partial charge in [0.25, 0.3) is 0 Å². The van der Waals surface area contributed by atoms with Gasteiger partial charge in [-0.25, -0.2) is 0 Å². The molecular formula is C18H19N3OS. The molecule has 0 amide bonds. The molecule has 0 aromatic heterocycles. The highest BCUT2D eigenvalue weighted by molar-refractivity contribution is 7.80. The van der Waals surface area contributed by atoms with E-state index in [1.54, 1.807) is 12.3 Å². The smallest absolute Gasteiger partial charge is 0.191 e. The number of nitrogens with zero attached hydrogens (tertiary/aromatic N) is 1. The highest BCUT2D eigenvalue weighted by atomic mass is 32.1. The SMILES string of the molecule is C=CCOc1ccccc1C=NNC(=S)Nc1cccc(C)c1. The maximum absolute atomic E-state index is 5.57. The third-order valence-corrected chi connectivity index (χ3v) is 3.11. The Balaban J connectivity index is 1.93. The summed E-state index contributed by atoms with van der Waals surface area (Å²) in [6.45, 7) is 6.12. The number of aryl methyl sites for hydroxylation is 1. The van der Waals surface area contributed by atoms with Gasteiger partial charge < -0.3 is 10.1 Å². The Labute approximate surface area is 141 Å². The molecule has 0 bridgehead atoms. The van der Waals surface area contributed by atoms with E-state index in [9.17, 15) is 0 Å². The molecule has 2 aromatic rings. The van der Waals surface area contributed by atoms with Crippen molar-refractivity contribution in [2.45, 2.75) is 6.92 Å². The molecule has 2 aromatic carbocycles. The summed E-state index contributed by atoms with van der Waals surface area (Å²) in [5.74, 6) is 0.746. The Kier molecular flexibility index (Phi) is 6.32. The minimum Gasteiger partial charge on any atom is -0.489 e. The first-order chi connectivity index (χ1) is 11.2. The number of thiocarbonyl (C=S) groups is 1. The molecule has 0 aliphatic heterocycles. The number of anilines is 1. The molecule has 2 rings (SSSR count). The van der Waals surface area contributed by atoms with Crippen LogP contribution < -0.4 is 15.5 Å². The molecule has 0 heterocycles. The van der Waals surface area contributed by atoms with Gasteiger partial charge in [-0.15, -0.1) is 0 Å². The zero-order valence-electron chi connectivity index (χ0n) is 13.0. The second kappa shape index (κ2) is 8.70. The summed E-state index contributed by atoms with van der Waals surface area (Å²) in [5.41, 5.74) is 5.74. The van der Waals surface area contributed by atoms with Crippen LogP contribution in [0.25, 0.3) is 0 Å². The number of nitrogens with one attached hydrogen (secondary N) is 2. The number of benzene rings is 2. The molecule has 0 aliphatic carbocycles. The van der Waals surface area contributed by atoms with Gasteiger partial charge in [0, 0.05) is 11.3 Å². The van der Waals surface area contributed by atoms with Crippen molar-refractivity contribution in [2.75, 3.05) is 11.9 Å². The molecule has 118 valence electrons. The standard InChI is InChI=1S/C18H19N3OS/c1-3-11-22-17-10-5-4-8-15(17)13-19-21-18(23)20-16-9-6-7-14(2)12-16/h3-10,12-13H,1,11H2,2H3,(H2,20,21,23). The summed E-state index contributed by atoms with van der Waals surface area (Å²) in [7, 11) is 0. The van der Waals surface area contributed by atoms with Crippen LogP contribution in [0.3, 0.4) is 0 Å². The van der Waals surface area contributed by atoms with Crippen LogP contribution in [0, 0.1) is 6.92 Å². The second-order valence-corrected chi connectivity index (χ2v) is 5.24. The van der Waals surface area contributed by atoms with Crippen LogP contribution in [0.15, 0.2) is 66.3 Å². The number of hydrogen-bond donors (Lipinski definition) is 2. The van der Waals surface area contributed by atoms with Crippen LogP contribution >= 0.6 is 12.2 Å². The van der Waals surface area contributed by atoms with Crippen molar-refractivity contribution in [1.82, 2.24) is 5.43 Å². The molecule has 0 saturated heterocycles. The maximum Gasteiger partial charge on any atom is 0.191 e. The Morgan fingerprint density at radius 3 is 2.87 bits per heavy atom. The minimum absolute atomic E-state index is 0.427. The van der Waals surface area contributed by atoms with Crippen LogP contribution in [0.5, 0.6) is 5.75 Å². The van der Waals surface area contributed by atoms with E-state index in [-0.39, 0.29) is 0 Å². The van der Waals surface area contributed by atoms with Crippen molar-refractivity contribution in [3.63, 3.8) is 0 Å². The Morgan fingerprint density at radius 2 is 2.09 bits per heavy atom. The molecule has 4 nitrogen and oxygen atoms in total. The number of hydrazone groups is 1. The summed E-state index contributed by atoms with van der Waals surface area (Å²) in [6.07, 6.45) is 3.37. The highest BCUT2D eigenvalue weighted by Gasteiger charge is 2.00. The van der Waals surface area contributed by atoms with Crippen molar-refractivity contribution in [3.05, 3.63) is 72.3 Å². The summed E-state index contributed by atoms with van der Waals surface area (Å²) in [6, 6.07) is 15.6. The van der Waals surface area contributed by atoms with E-state index in [1.807, 2.05) is 55.5 Å². The van der Waals surface area contributed by atoms with E-state index in [0.717, 1.165) is 22.6 Å². The van der Waals surface area contributed by atoms with Crippen LogP contribution in [0.4, 0.5) is 5.69 Å². The fraction of sp³-hybridized carbons (Fsp3) is 0.111. The van der Waals surface area contributed by atoms with E-state index in [2.05, 4.69) is 22.4 Å². The van der Waals surface area contributed by atoms with Crippen LogP contribution in [0.1, 0.15) is 11.1 Å². The first-order valence-electron chi connectivity index (χ1n) is 7.18. The van der Waals surface area contributed by atoms with E-state index in [4.69, 9.17) is 17.0 Å². The number of para-hydroxylation sites is 1. The molecule has 0 atom stereocenters. The van der Waals surface area contributed by atoms with Gasteiger partial charge in [-0.1, -0.05) is 36.9 Å². The lowest BCUT2D eigenvalue weighted by atomic mass is 10.2. The Bertz CT molecular complexity index is 713. The lowest BCUT2D eigenvalue weighted by Gasteiger charge is -2.08. The molecule has 0 fully saturated rings. The van der Waals surface area contributed by atoms with E-state index in [1.165, 1.54) is 0 Å². The third kappa shape index (κ3) is 5.56. The van der Waals surface area contributed by atoms with E-state index in [0.29, 0.717) is 11.7 Å². The molecule has 5 heteroatoms. The first kappa shape index (κ1) is 16.7. The summed E-state index contributed by atoms with van der Waals surface area (Å²) in [5, 5.41) is 7.65. The van der Waals surface area contributed by atoms with Crippen molar-refractivity contribution in [1.29, 1.82) is 0 Å². The van der Waals surface area contributed by atoms with Crippen molar-refractivity contribution in [2.24, 2.45) is 5.10 Å². The predicted octanol–water partition coefficient (Wildman–Crippen LogP) is 3.88. The normalized spacial score (nSPS) is 10.3. The van der Waals surface area contributed by atoms with E-state index >= 15 is 0 Å². The maximum atomic E-state index is 5.57. The average molecular weight is 325 g/mol. The van der Waals surface area contributed by atoms with Gasteiger partial charge in [0.1, 0.15) is 12.4 Å². The topological polar surface area (TPSA) is 45.6 Å². The fourth-order valence-corrected chi connectivity index (χ4v) is 2.08. The number of ether oxygens (including phenoxy) is 1. The predicted molar refractivity (Wildman–Crippen MR) is 100 cm³/mol. The zero-order valence-corrected chi connectivity index (χ0v) is 13.8. The second-order valence-electron chi connectivity index (χ2n) is 4.83. The van der Waals surface area contributed by atoms with Gasteiger partial charge in [-0.05, 0) is 49.0 Å². The molecule has 0 unspecified atom stereocenters. The van der Waals surface area contributed by atoms with Gasteiger partial charge in [-0.2, -0.15) is 5.10 Å². The van der Waals surface area contributed by atoms with Crippen molar-refractivity contribution >= 4 is 29.2 Å². The first-order valence-corrected chi connectivity index (χ1v) is 7.59. The van der Waals surface area contributed by atoms with Crippen molar-refractivity contribution in [3.8, 4) is 5.75 Å². The van der Waals surface area contributed by atoms with Gasteiger partial charge >= 0.3 is 0 Å². The highest BCUT2D eigenvalue weighted by Crippen LogP contribution is 2.15. The molecule has 2 N–H and O–H groups in total. The van der Waals surface area contributed by atoms with Gasteiger partial charge in [0.15, 0.2) is 5.11 Å². The molecule has 0 aliphatic rings. The van der Waals surface area contributed by atoms with Gasteiger partial charge in [0.05, 0.1) is 6.21 Å². The number of rotatable bonds is 6. The zero-order chi connectivity index (χ0) is 16.5. The van der Waals surface area contributed by atoms with Crippen molar-refractivity contribution < 1.29 is 4.74 Å². The molecule has 0 radical (unpaired) electrons. The van der Waals surface area contributed by atoms with Crippen LogP contribution in [0.2, 0.25) is 0 Å².